The Morgan fingerprint density at radius 1 is 1.29 bits per heavy atom. The van der Waals surface area contributed by atoms with E-state index in [4.69, 9.17) is 0 Å². The largest absolute Gasteiger partial charge is 0.354 e. The molecule has 0 aliphatic carbocycles. The van der Waals surface area contributed by atoms with Gasteiger partial charge in [0.15, 0.2) is 5.13 Å². The van der Waals surface area contributed by atoms with E-state index in [1.807, 2.05) is 25.4 Å². The molecule has 2 heterocycles. The van der Waals surface area contributed by atoms with Crippen LogP contribution in [-0.2, 0) is 11.2 Å². The van der Waals surface area contributed by atoms with E-state index in [2.05, 4.69) is 20.9 Å². The van der Waals surface area contributed by atoms with Crippen molar-refractivity contribution in [2.75, 3.05) is 18.9 Å². The molecule has 6 nitrogen and oxygen atoms in total. The van der Waals surface area contributed by atoms with E-state index < -0.39 is 0 Å². The third-order valence-electron chi connectivity index (χ3n) is 2.96. The van der Waals surface area contributed by atoms with Crippen molar-refractivity contribution in [1.29, 1.82) is 0 Å². The molecule has 0 saturated carbocycles. The van der Waals surface area contributed by atoms with Gasteiger partial charge in [0, 0.05) is 18.0 Å². The summed E-state index contributed by atoms with van der Waals surface area (Å²) >= 11 is 2.69. The number of carbonyl (C=O) groups is 2. The van der Waals surface area contributed by atoms with Crippen molar-refractivity contribution in [3.05, 3.63) is 33.5 Å². The molecule has 1 unspecified atom stereocenters. The third kappa shape index (κ3) is 7.14. The summed E-state index contributed by atoms with van der Waals surface area (Å²) in [6, 6.07) is 3.80. The fraction of sp³-hybridized carbons (Fsp3) is 0.357. The molecular formula is C14H20Cl2N4O2S2. The summed E-state index contributed by atoms with van der Waals surface area (Å²) in [5.41, 5.74) is 0.654. The van der Waals surface area contributed by atoms with E-state index in [0.717, 1.165) is 0 Å². The van der Waals surface area contributed by atoms with E-state index in [1.54, 1.807) is 11.4 Å². The van der Waals surface area contributed by atoms with Crippen LogP contribution in [0.2, 0.25) is 0 Å². The lowest BCUT2D eigenvalue weighted by molar-refractivity contribution is -0.120. The molecule has 2 aromatic rings. The van der Waals surface area contributed by atoms with Crippen molar-refractivity contribution in [2.45, 2.75) is 19.4 Å². The number of aromatic nitrogens is 1. The Balaban J connectivity index is 0.00000264. The number of thiazole rings is 1. The minimum absolute atomic E-state index is 0. The summed E-state index contributed by atoms with van der Waals surface area (Å²) in [4.78, 5) is 28.6. The zero-order chi connectivity index (χ0) is 15.9. The third-order valence-corrected chi connectivity index (χ3v) is 4.63. The van der Waals surface area contributed by atoms with Crippen molar-refractivity contribution < 1.29 is 9.59 Å². The smallest absolute Gasteiger partial charge is 0.267 e. The molecule has 2 aromatic heterocycles. The van der Waals surface area contributed by atoms with Gasteiger partial charge in [-0.2, -0.15) is 0 Å². The summed E-state index contributed by atoms with van der Waals surface area (Å²) in [5.74, 6) is -0.258. The maximum absolute atomic E-state index is 11.9. The summed E-state index contributed by atoms with van der Waals surface area (Å²) in [6.07, 6.45) is 0.210. The Labute approximate surface area is 161 Å². The van der Waals surface area contributed by atoms with Crippen LogP contribution < -0.4 is 16.0 Å². The molecule has 0 spiro atoms. The van der Waals surface area contributed by atoms with E-state index in [-0.39, 0.29) is 49.1 Å². The van der Waals surface area contributed by atoms with Crippen LogP contribution in [0.25, 0.3) is 0 Å². The van der Waals surface area contributed by atoms with Gasteiger partial charge in [0.25, 0.3) is 5.91 Å². The molecule has 134 valence electrons. The number of thiophene rings is 1. The normalized spacial score (nSPS) is 10.9. The molecule has 3 N–H and O–H groups in total. The number of rotatable bonds is 7. The van der Waals surface area contributed by atoms with Gasteiger partial charge in [-0.3, -0.25) is 14.9 Å². The number of nitrogens with zero attached hydrogens (tertiary/aromatic N) is 1. The standard InChI is InChI=1S/C14H18N4O2S2.2ClH/c1-9(15-2)7-16-12(19)6-10-8-22-14(17-10)18-13(20)11-4-3-5-21-11;;/h3-5,8-9,15H,6-7H2,1-2H3,(H,16,19)(H,17,18,20);2*1H. The molecule has 0 aliphatic rings. The molecule has 10 heteroatoms. The zero-order valence-electron chi connectivity index (χ0n) is 13.2. The topological polar surface area (TPSA) is 83.1 Å². The van der Waals surface area contributed by atoms with Crippen LogP contribution >= 0.6 is 47.5 Å². The van der Waals surface area contributed by atoms with Crippen LogP contribution in [0.4, 0.5) is 5.13 Å². The number of hydrogen-bond donors (Lipinski definition) is 3. The van der Waals surface area contributed by atoms with Gasteiger partial charge in [-0.15, -0.1) is 47.5 Å². The number of nitrogens with one attached hydrogen (secondary N) is 3. The summed E-state index contributed by atoms with van der Waals surface area (Å²) in [7, 11) is 1.85. The number of anilines is 1. The fourth-order valence-corrected chi connectivity index (χ4v) is 2.93. The van der Waals surface area contributed by atoms with E-state index >= 15 is 0 Å². The molecule has 0 fully saturated rings. The number of halogens is 2. The fourth-order valence-electron chi connectivity index (χ4n) is 1.61. The quantitative estimate of drug-likeness (QED) is 0.654. The van der Waals surface area contributed by atoms with Crippen molar-refractivity contribution in [2.24, 2.45) is 0 Å². The van der Waals surface area contributed by atoms with Crippen LogP contribution in [-0.4, -0.2) is 36.4 Å². The van der Waals surface area contributed by atoms with Crippen molar-refractivity contribution in [3.63, 3.8) is 0 Å². The summed E-state index contributed by atoms with van der Waals surface area (Å²) < 4.78 is 0. The van der Waals surface area contributed by atoms with Crippen LogP contribution in [0.5, 0.6) is 0 Å². The van der Waals surface area contributed by atoms with Crippen LogP contribution in [0.1, 0.15) is 22.3 Å². The van der Waals surface area contributed by atoms with Gasteiger partial charge < -0.3 is 10.6 Å². The van der Waals surface area contributed by atoms with Gasteiger partial charge in [-0.25, -0.2) is 4.98 Å². The molecule has 0 bridgehead atoms. The van der Waals surface area contributed by atoms with Gasteiger partial charge in [-0.05, 0) is 25.4 Å². The van der Waals surface area contributed by atoms with Crippen molar-refractivity contribution >= 4 is 64.4 Å². The minimum Gasteiger partial charge on any atom is -0.354 e. The maximum atomic E-state index is 11.9. The molecular weight excluding hydrogens is 391 g/mol. The van der Waals surface area contributed by atoms with Gasteiger partial charge in [0.05, 0.1) is 17.0 Å². The summed E-state index contributed by atoms with van der Waals surface area (Å²) in [6.45, 7) is 2.56. The zero-order valence-corrected chi connectivity index (χ0v) is 16.5. The number of hydrogen-bond acceptors (Lipinski definition) is 6. The second-order valence-electron chi connectivity index (χ2n) is 4.75. The molecule has 2 amide bonds. The Hall–Kier alpha value is -1.19. The monoisotopic (exact) mass is 410 g/mol. The Morgan fingerprint density at radius 2 is 2.04 bits per heavy atom. The molecule has 0 radical (unpaired) electrons. The highest BCUT2D eigenvalue weighted by molar-refractivity contribution is 7.14. The highest BCUT2D eigenvalue weighted by atomic mass is 35.5. The first-order valence-electron chi connectivity index (χ1n) is 6.81. The van der Waals surface area contributed by atoms with Crippen molar-refractivity contribution in [1.82, 2.24) is 15.6 Å². The lowest BCUT2D eigenvalue weighted by atomic mass is 10.3. The Bertz CT molecular complexity index is 635. The number of carbonyl (C=O) groups excluding carboxylic acids is 2. The lowest BCUT2D eigenvalue weighted by Gasteiger charge is -2.10. The predicted octanol–water partition coefficient (Wildman–Crippen LogP) is 2.57. The van der Waals surface area contributed by atoms with E-state index in [0.29, 0.717) is 22.2 Å². The van der Waals surface area contributed by atoms with Gasteiger partial charge >= 0.3 is 0 Å². The van der Waals surface area contributed by atoms with E-state index in [9.17, 15) is 9.59 Å². The predicted molar refractivity (Wildman–Crippen MR) is 104 cm³/mol. The van der Waals surface area contributed by atoms with Gasteiger partial charge in [0.1, 0.15) is 0 Å². The minimum atomic E-state index is -0.178. The second kappa shape index (κ2) is 11.4. The highest BCUT2D eigenvalue weighted by Gasteiger charge is 2.12. The second-order valence-corrected chi connectivity index (χ2v) is 6.55. The molecule has 24 heavy (non-hydrogen) atoms. The molecule has 1 atom stereocenters. The van der Waals surface area contributed by atoms with Crippen LogP contribution in [0, 0.1) is 0 Å². The van der Waals surface area contributed by atoms with Crippen molar-refractivity contribution in [3.8, 4) is 0 Å². The molecule has 0 aliphatic heterocycles. The molecule has 0 aromatic carbocycles. The summed E-state index contributed by atoms with van der Waals surface area (Å²) in [5, 5.41) is 12.7. The number of amides is 2. The Morgan fingerprint density at radius 3 is 2.67 bits per heavy atom. The molecule has 2 rings (SSSR count). The average molecular weight is 411 g/mol. The van der Waals surface area contributed by atoms with Gasteiger partial charge in [-0.1, -0.05) is 6.07 Å². The maximum Gasteiger partial charge on any atom is 0.267 e. The lowest BCUT2D eigenvalue weighted by Crippen LogP contribution is -2.37. The highest BCUT2D eigenvalue weighted by Crippen LogP contribution is 2.18. The number of likely N-dealkylation sites (N-methyl/N-ethyl adjacent to an activating group) is 1. The SMILES string of the molecule is CNC(C)CNC(=O)Cc1csc(NC(=O)c2cccs2)n1.Cl.Cl. The van der Waals surface area contributed by atoms with Gasteiger partial charge in [0.2, 0.25) is 5.91 Å². The first-order chi connectivity index (χ1) is 10.6. The van der Waals surface area contributed by atoms with Crippen LogP contribution in [0.3, 0.4) is 0 Å². The molecule has 0 saturated heterocycles. The van der Waals surface area contributed by atoms with E-state index in [1.165, 1.54) is 22.7 Å². The first-order valence-corrected chi connectivity index (χ1v) is 8.57. The average Bonchev–Trinajstić information content (AvgIpc) is 3.16. The Kier molecular flexibility index (Phi) is 10.8. The first kappa shape index (κ1) is 22.8. The van der Waals surface area contributed by atoms with Crippen LogP contribution in [0.15, 0.2) is 22.9 Å².